The van der Waals surface area contributed by atoms with Crippen LogP contribution in [0.2, 0.25) is 0 Å². The van der Waals surface area contributed by atoms with Gasteiger partial charge in [0.2, 0.25) is 0 Å². The van der Waals surface area contributed by atoms with Gasteiger partial charge in [0, 0.05) is 3.57 Å². The van der Waals surface area contributed by atoms with Gasteiger partial charge in [-0.3, -0.25) is 4.55 Å². The van der Waals surface area contributed by atoms with Gasteiger partial charge >= 0.3 is 0 Å². The molecular weight excluding hydrogens is 315 g/mol. The molecule has 0 bridgehead atoms. The first-order valence-electron chi connectivity index (χ1n) is 4.21. The number of hydrogen-bond acceptors (Lipinski definition) is 2. The molecule has 0 fully saturated rings. The summed E-state index contributed by atoms with van der Waals surface area (Å²) in [5, 5.41) is 0. The number of hydrogen-bond donors (Lipinski definition) is 1. The predicted molar refractivity (Wildman–Crippen MR) is 63.0 cm³/mol. The van der Waals surface area contributed by atoms with E-state index in [0.717, 1.165) is 22.0 Å². The van der Waals surface area contributed by atoms with E-state index in [9.17, 15) is 8.42 Å². The number of halogens is 1. The Balaban J connectivity index is 3.13. The maximum Gasteiger partial charge on any atom is 0.294 e. The molecule has 0 saturated heterocycles. The molecule has 0 amide bonds. The Labute approximate surface area is 97.4 Å². The standard InChI is InChI=1S/C9H11IO3S/c1-2-3-7-4-5-8(6-9(7)10)14(11,12)13/h4-6H,2-3H2,1H3,(H,11,12,13). The van der Waals surface area contributed by atoms with Crippen LogP contribution in [0.15, 0.2) is 23.1 Å². The van der Waals surface area contributed by atoms with Crippen molar-refractivity contribution < 1.29 is 13.0 Å². The van der Waals surface area contributed by atoms with Crippen molar-refractivity contribution in [1.82, 2.24) is 0 Å². The second-order valence-electron chi connectivity index (χ2n) is 2.98. The van der Waals surface area contributed by atoms with Crippen LogP contribution in [0.25, 0.3) is 0 Å². The summed E-state index contributed by atoms with van der Waals surface area (Å²) in [6.07, 6.45) is 1.94. The van der Waals surface area contributed by atoms with Gasteiger partial charge in [-0.15, -0.1) is 0 Å². The molecule has 0 aliphatic carbocycles. The lowest BCUT2D eigenvalue weighted by Gasteiger charge is -2.04. The van der Waals surface area contributed by atoms with Gasteiger partial charge in [-0.05, 0) is 46.7 Å². The summed E-state index contributed by atoms with van der Waals surface area (Å²) in [4.78, 5) is -0.0400. The Kier molecular flexibility index (Phi) is 3.91. The lowest BCUT2D eigenvalue weighted by atomic mass is 10.1. The molecule has 0 saturated carbocycles. The molecule has 0 aliphatic heterocycles. The third-order valence-electron chi connectivity index (χ3n) is 1.84. The average molecular weight is 326 g/mol. The summed E-state index contributed by atoms with van der Waals surface area (Å²) < 4.78 is 31.3. The minimum Gasteiger partial charge on any atom is -0.282 e. The highest BCUT2D eigenvalue weighted by molar-refractivity contribution is 14.1. The zero-order chi connectivity index (χ0) is 10.8. The van der Waals surface area contributed by atoms with E-state index in [0.29, 0.717) is 0 Å². The maximum absolute atomic E-state index is 10.8. The maximum atomic E-state index is 10.8. The first-order chi connectivity index (χ1) is 6.45. The van der Waals surface area contributed by atoms with Crippen molar-refractivity contribution in [2.45, 2.75) is 24.7 Å². The third-order valence-corrected chi connectivity index (χ3v) is 3.70. The Morgan fingerprint density at radius 1 is 1.43 bits per heavy atom. The minimum atomic E-state index is -4.06. The Morgan fingerprint density at radius 2 is 2.07 bits per heavy atom. The average Bonchev–Trinajstić information content (AvgIpc) is 2.07. The first-order valence-corrected chi connectivity index (χ1v) is 6.73. The van der Waals surface area contributed by atoms with Crippen LogP contribution in [0.4, 0.5) is 0 Å². The molecule has 1 aromatic carbocycles. The van der Waals surface area contributed by atoms with Crippen LogP contribution < -0.4 is 0 Å². The summed E-state index contributed by atoms with van der Waals surface area (Å²) in [6.45, 7) is 2.06. The van der Waals surface area contributed by atoms with E-state index < -0.39 is 10.1 Å². The van der Waals surface area contributed by atoms with Crippen LogP contribution in [0.3, 0.4) is 0 Å². The van der Waals surface area contributed by atoms with E-state index in [2.05, 4.69) is 29.5 Å². The largest absolute Gasteiger partial charge is 0.294 e. The Hall–Kier alpha value is -0.140. The second-order valence-corrected chi connectivity index (χ2v) is 5.56. The normalized spacial score (nSPS) is 11.6. The van der Waals surface area contributed by atoms with Gasteiger partial charge in [0.15, 0.2) is 0 Å². The summed E-state index contributed by atoms with van der Waals surface area (Å²) in [6, 6.07) is 4.66. The van der Waals surface area contributed by atoms with Gasteiger partial charge in [0.1, 0.15) is 0 Å². The molecule has 78 valence electrons. The molecule has 1 aromatic rings. The van der Waals surface area contributed by atoms with Crippen LogP contribution in [0, 0.1) is 3.57 Å². The number of aryl methyl sites for hydroxylation is 1. The van der Waals surface area contributed by atoms with Gasteiger partial charge in [0.05, 0.1) is 4.90 Å². The van der Waals surface area contributed by atoms with Crippen LogP contribution in [-0.4, -0.2) is 13.0 Å². The number of rotatable bonds is 3. The van der Waals surface area contributed by atoms with Crippen LogP contribution in [-0.2, 0) is 16.5 Å². The molecule has 0 unspecified atom stereocenters. The molecule has 1 rings (SSSR count). The van der Waals surface area contributed by atoms with Gasteiger partial charge in [-0.2, -0.15) is 8.42 Å². The molecule has 0 atom stereocenters. The molecule has 0 heterocycles. The van der Waals surface area contributed by atoms with Crippen LogP contribution in [0.1, 0.15) is 18.9 Å². The van der Waals surface area contributed by atoms with Crippen LogP contribution in [0.5, 0.6) is 0 Å². The first kappa shape index (κ1) is 11.9. The highest BCUT2D eigenvalue weighted by atomic mass is 127. The van der Waals surface area contributed by atoms with Crippen molar-refractivity contribution in [3.8, 4) is 0 Å². The molecule has 0 aromatic heterocycles. The molecule has 3 nitrogen and oxygen atoms in total. The molecule has 0 aliphatic rings. The zero-order valence-corrected chi connectivity index (χ0v) is 10.7. The van der Waals surface area contributed by atoms with E-state index >= 15 is 0 Å². The number of benzene rings is 1. The molecular formula is C9H11IO3S. The SMILES string of the molecule is CCCc1ccc(S(=O)(=O)O)cc1I. The fourth-order valence-corrected chi connectivity index (χ4v) is 2.66. The van der Waals surface area contributed by atoms with E-state index in [1.165, 1.54) is 12.1 Å². The minimum absolute atomic E-state index is 0.0400. The van der Waals surface area contributed by atoms with Gasteiger partial charge < -0.3 is 0 Å². The van der Waals surface area contributed by atoms with E-state index in [1.54, 1.807) is 6.07 Å². The van der Waals surface area contributed by atoms with E-state index in [1.807, 2.05) is 0 Å². The smallest absolute Gasteiger partial charge is 0.282 e. The van der Waals surface area contributed by atoms with Crippen molar-refractivity contribution >= 4 is 32.7 Å². The topological polar surface area (TPSA) is 54.4 Å². The molecule has 5 heteroatoms. The Bertz CT molecular complexity index is 426. The highest BCUT2D eigenvalue weighted by Crippen LogP contribution is 2.18. The molecule has 0 radical (unpaired) electrons. The zero-order valence-electron chi connectivity index (χ0n) is 7.70. The van der Waals surface area contributed by atoms with Crippen molar-refractivity contribution in [2.24, 2.45) is 0 Å². The van der Waals surface area contributed by atoms with Crippen molar-refractivity contribution in [3.63, 3.8) is 0 Å². The fraction of sp³-hybridized carbons (Fsp3) is 0.333. The molecule has 14 heavy (non-hydrogen) atoms. The molecule has 0 spiro atoms. The monoisotopic (exact) mass is 326 g/mol. The summed E-state index contributed by atoms with van der Waals surface area (Å²) in [5.74, 6) is 0. The van der Waals surface area contributed by atoms with E-state index in [4.69, 9.17) is 4.55 Å². The van der Waals surface area contributed by atoms with Crippen molar-refractivity contribution in [1.29, 1.82) is 0 Å². The lowest BCUT2D eigenvalue weighted by Crippen LogP contribution is -1.99. The Morgan fingerprint density at radius 3 is 2.50 bits per heavy atom. The van der Waals surface area contributed by atoms with Gasteiger partial charge in [-0.1, -0.05) is 19.4 Å². The predicted octanol–water partition coefficient (Wildman–Crippen LogP) is 2.49. The fourth-order valence-electron chi connectivity index (χ4n) is 1.16. The third kappa shape index (κ3) is 2.93. The van der Waals surface area contributed by atoms with Gasteiger partial charge in [-0.25, -0.2) is 0 Å². The van der Waals surface area contributed by atoms with Crippen LogP contribution >= 0.6 is 22.6 Å². The van der Waals surface area contributed by atoms with Gasteiger partial charge in [0.25, 0.3) is 10.1 Å². The lowest BCUT2D eigenvalue weighted by molar-refractivity contribution is 0.483. The summed E-state index contributed by atoms with van der Waals surface area (Å²) >= 11 is 2.07. The summed E-state index contributed by atoms with van der Waals surface area (Å²) in [7, 11) is -4.06. The highest BCUT2D eigenvalue weighted by Gasteiger charge is 2.10. The van der Waals surface area contributed by atoms with Crippen molar-refractivity contribution in [2.75, 3.05) is 0 Å². The van der Waals surface area contributed by atoms with E-state index in [-0.39, 0.29) is 4.90 Å². The summed E-state index contributed by atoms with van der Waals surface area (Å²) in [5.41, 5.74) is 1.11. The second kappa shape index (κ2) is 4.59. The van der Waals surface area contributed by atoms with Crippen molar-refractivity contribution in [3.05, 3.63) is 27.3 Å². The molecule has 1 N–H and O–H groups in total. The quantitative estimate of drug-likeness (QED) is 0.686.